The third kappa shape index (κ3) is 8.77. The average Bonchev–Trinajstić information content (AvgIpc) is 2.95. The minimum absolute atomic E-state index is 0.0881. The van der Waals surface area contributed by atoms with Gasteiger partial charge in [0.25, 0.3) is 5.69 Å². The summed E-state index contributed by atoms with van der Waals surface area (Å²) in [6.07, 6.45) is 0.926. The van der Waals surface area contributed by atoms with Gasteiger partial charge in [0.1, 0.15) is 17.8 Å². The molecule has 40 heavy (non-hydrogen) atoms. The van der Waals surface area contributed by atoms with Gasteiger partial charge >= 0.3 is 0 Å². The second-order valence-corrected chi connectivity index (χ2v) is 9.65. The number of nitrogens with one attached hydrogen (secondary N) is 4. The summed E-state index contributed by atoms with van der Waals surface area (Å²) in [6.45, 7) is 3.84. The molecule has 210 valence electrons. The Morgan fingerprint density at radius 3 is 2.25 bits per heavy atom. The van der Waals surface area contributed by atoms with Crippen LogP contribution in [0.2, 0.25) is 0 Å². The molecule has 0 fully saturated rings. The number of ether oxygens (including phenoxy) is 1. The number of hydrogen-bond acceptors (Lipinski definition) is 6. The predicted molar refractivity (Wildman–Crippen MR) is 159 cm³/mol. The number of hydrogen-bond donors (Lipinski definition) is 4. The fourth-order valence-electron chi connectivity index (χ4n) is 3.96. The molecule has 0 aliphatic heterocycles. The molecule has 11 heteroatoms. The van der Waals surface area contributed by atoms with Gasteiger partial charge in [0.15, 0.2) is 5.11 Å². The normalized spacial score (nSPS) is 12.8. The van der Waals surface area contributed by atoms with Gasteiger partial charge in [-0.3, -0.25) is 19.7 Å². The van der Waals surface area contributed by atoms with E-state index in [9.17, 15) is 19.7 Å². The zero-order valence-electron chi connectivity index (χ0n) is 22.5. The number of carbonyl (C=O) groups excluding carboxylic acids is 2. The second-order valence-electron chi connectivity index (χ2n) is 9.24. The van der Waals surface area contributed by atoms with Gasteiger partial charge in [0.2, 0.25) is 11.8 Å². The van der Waals surface area contributed by atoms with Gasteiger partial charge in [-0.25, -0.2) is 0 Å². The third-order valence-electron chi connectivity index (χ3n) is 6.35. The minimum Gasteiger partial charge on any atom is -0.497 e. The van der Waals surface area contributed by atoms with Gasteiger partial charge in [-0.05, 0) is 41.9 Å². The van der Waals surface area contributed by atoms with E-state index < -0.39 is 22.9 Å². The summed E-state index contributed by atoms with van der Waals surface area (Å²) < 4.78 is 5.24. The van der Waals surface area contributed by atoms with E-state index in [1.807, 2.05) is 44.2 Å². The number of carbonyl (C=O) groups is 2. The highest BCUT2D eigenvalue weighted by molar-refractivity contribution is 7.80. The Morgan fingerprint density at radius 2 is 1.60 bits per heavy atom. The van der Waals surface area contributed by atoms with Crippen molar-refractivity contribution in [2.45, 2.75) is 38.8 Å². The van der Waals surface area contributed by atoms with Crippen LogP contribution in [0.4, 0.5) is 17.1 Å². The first-order chi connectivity index (χ1) is 19.2. The van der Waals surface area contributed by atoms with E-state index >= 15 is 0 Å². The molecule has 0 aromatic heterocycles. The molecule has 0 aliphatic carbocycles. The van der Waals surface area contributed by atoms with Crippen LogP contribution in [0.3, 0.4) is 0 Å². The molecule has 0 saturated heterocycles. The number of anilines is 2. The fourth-order valence-corrected chi connectivity index (χ4v) is 4.20. The first-order valence-corrected chi connectivity index (χ1v) is 13.2. The monoisotopic (exact) mass is 563 g/mol. The molecule has 3 aromatic rings. The van der Waals surface area contributed by atoms with Crippen LogP contribution in [0.5, 0.6) is 5.75 Å². The van der Waals surface area contributed by atoms with Crippen LogP contribution in [0, 0.1) is 16.0 Å². The van der Waals surface area contributed by atoms with E-state index in [1.165, 1.54) is 18.2 Å². The number of thiocarbonyl (C=S) groups is 1. The number of amides is 2. The van der Waals surface area contributed by atoms with Crippen molar-refractivity contribution in [2.24, 2.45) is 5.92 Å². The molecule has 0 heterocycles. The number of nitrogens with zero attached hydrogens (tertiary/aromatic N) is 1. The third-order valence-corrected chi connectivity index (χ3v) is 6.57. The summed E-state index contributed by atoms with van der Waals surface area (Å²) in [5.74, 6) is -0.346. The van der Waals surface area contributed by atoms with Gasteiger partial charge in [0, 0.05) is 36.0 Å². The topological polar surface area (TPSA) is 135 Å². The molecule has 3 rings (SSSR count). The highest BCUT2D eigenvalue weighted by atomic mass is 32.1. The van der Waals surface area contributed by atoms with Crippen molar-refractivity contribution < 1.29 is 19.2 Å². The van der Waals surface area contributed by atoms with Crippen molar-refractivity contribution in [1.82, 2.24) is 10.6 Å². The quantitative estimate of drug-likeness (QED) is 0.142. The Balaban J connectivity index is 1.77. The van der Waals surface area contributed by atoms with Crippen molar-refractivity contribution in [3.63, 3.8) is 0 Å². The van der Waals surface area contributed by atoms with Crippen LogP contribution in [0.1, 0.15) is 25.8 Å². The van der Waals surface area contributed by atoms with E-state index in [0.717, 1.165) is 5.56 Å². The van der Waals surface area contributed by atoms with Crippen LogP contribution in [-0.4, -0.2) is 41.0 Å². The minimum atomic E-state index is -0.882. The summed E-state index contributed by atoms with van der Waals surface area (Å²) in [5.41, 5.74) is 1.74. The number of rotatable bonds is 12. The molecule has 0 bridgehead atoms. The Morgan fingerprint density at radius 1 is 0.925 bits per heavy atom. The summed E-state index contributed by atoms with van der Waals surface area (Å²) in [6, 6.07) is 20.6. The van der Waals surface area contributed by atoms with Crippen LogP contribution in [0.15, 0.2) is 78.9 Å². The average molecular weight is 564 g/mol. The largest absolute Gasteiger partial charge is 0.497 e. The Hall–Kier alpha value is -4.51. The van der Waals surface area contributed by atoms with E-state index in [1.54, 1.807) is 37.4 Å². The standard InChI is InChI=1S/C29H33N5O5S/c1-4-19(2)26(33-29(40)31-21-12-8-14-23(17-21)34(37)38)28(36)32-25(16-20-10-6-5-7-11-20)27(35)30-22-13-9-15-24(18-22)39-3/h5-15,17-19,25-26H,4,16H2,1-3H3,(H,30,35)(H,32,36)(H2,31,33,40)/t19-,25+,26-/m0/s1. The lowest BCUT2D eigenvalue weighted by Gasteiger charge is -2.27. The first kappa shape index (κ1) is 30.0. The van der Waals surface area contributed by atoms with Crippen molar-refractivity contribution in [3.05, 3.63) is 94.5 Å². The summed E-state index contributed by atoms with van der Waals surface area (Å²) in [4.78, 5) is 37.6. The zero-order valence-corrected chi connectivity index (χ0v) is 23.4. The van der Waals surface area contributed by atoms with E-state index in [0.29, 0.717) is 23.5 Å². The number of benzene rings is 3. The maximum atomic E-state index is 13.6. The molecule has 3 atom stereocenters. The number of nitro groups is 1. The Bertz CT molecular complexity index is 1340. The summed E-state index contributed by atoms with van der Waals surface area (Å²) >= 11 is 5.42. The predicted octanol–water partition coefficient (Wildman–Crippen LogP) is 4.67. The molecule has 0 aliphatic rings. The van der Waals surface area contributed by atoms with Crippen molar-refractivity contribution in [3.8, 4) is 5.75 Å². The highest BCUT2D eigenvalue weighted by Crippen LogP contribution is 2.19. The lowest BCUT2D eigenvalue weighted by atomic mass is 9.97. The highest BCUT2D eigenvalue weighted by Gasteiger charge is 2.29. The van der Waals surface area contributed by atoms with Gasteiger partial charge in [-0.2, -0.15) is 0 Å². The molecular weight excluding hydrogens is 530 g/mol. The SMILES string of the molecule is CC[C@H](C)[C@H](NC(=S)Nc1cccc([N+](=O)[O-])c1)C(=O)N[C@H](Cc1ccccc1)C(=O)Nc1cccc(OC)c1. The number of non-ortho nitro benzene ring substituents is 1. The maximum Gasteiger partial charge on any atom is 0.271 e. The molecule has 3 aromatic carbocycles. The number of nitro benzene ring substituents is 1. The van der Waals surface area contributed by atoms with Gasteiger partial charge in [0.05, 0.1) is 12.0 Å². The molecular formula is C29H33N5O5S. The molecule has 0 spiro atoms. The Labute approximate surface area is 238 Å². The zero-order chi connectivity index (χ0) is 29.1. The Kier molecular flexibility index (Phi) is 11.0. The van der Waals surface area contributed by atoms with Crippen LogP contribution in [-0.2, 0) is 16.0 Å². The first-order valence-electron chi connectivity index (χ1n) is 12.8. The molecule has 10 nitrogen and oxygen atoms in total. The molecule has 0 saturated carbocycles. The van der Waals surface area contributed by atoms with Crippen molar-refractivity contribution in [2.75, 3.05) is 17.7 Å². The van der Waals surface area contributed by atoms with Crippen LogP contribution >= 0.6 is 12.2 Å². The van der Waals surface area contributed by atoms with Crippen LogP contribution in [0.25, 0.3) is 0 Å². The molecule has 2 amide bonds. The molecule has 4 N–H and O–H groups in total. The van der Waals surface area contributed by atoms with Gasteiger partial charge in [-0.15, -0.1) is 0 Å². The van der Waals surface area contributed by atoms with Crippen molar-refractivity contribution in [1.29, 1.82) is 0 Å². The van der Waals surface area contributed by atoms with Crippen molar-refractivity contribution >= 4 is 46.2 Å². The van der Waals surface area contributed by atoms with E-state index in [2.05, 4.69) is 21.3 Å². The van der Waals surface area contributed by atoms with E-state index in [4.69, 9.17) is 17.0 Å². The summed E-state index contributed by atoms with van der Waals surface area (Å²) in [7, 11) is 1.54. The summed E-state index contributed by atoms with van der Waals surface area (Å²) in [5, 5.41) is 22.9. The maximum absolute atomic E-state index is 13.6. The van der Waals surface area contributed by atoms with Gasteiger partial charge in [-0.1, -0.05) is 62.7 Å². The molecule has 0 unspecified atom stereocenters. The smallest absolute Gasteiger partial charge is 0.271 e. The second kappa shape index (κ2) is 14.6. The van der Waals surface area contributed by atoms with Gasteiger partial charge < -0.3 is 26.0 Å². The van der Waals surface area contributed by atoms with E-state index in [-0.39, 0.29) is 29.0 Å². The lowest BCUT2D eigenvalue weighted by molar-refractivity contribution is -0.384. The fraction of sp³-hybridized carbons (Fsp3) is 0.276. The lowest BCUT2D eigenvalue weighted by Crippen LogP contribution is -2.56. The molecule has 0 radical (unpaired) electrons. The number of methoxy groups -OCH3 is 1. The van der Waals surface area contributed by atoms with Crippen LogP contribution < -0.4 is 26.0 Å².